The highest BCUT2D eigenvalue weighted by molar-refractivity contribution is 9.10. The summed E-state index contributed by atoms with van der Waals surface area (Å²) in [5, 5.41) is 13.5. The van der Waals surface area contributed by atoms with Crippen LogP contribution in [0.5, 0.6) is 0 Å². The van der Waals surface area contributed by atoms with Crippen molar-refractivity contribution in [2.24, 2.45) is 0 Å². The second-order valence-corrected chi connectivity index (χ2v) is 4.97. The minimum atomic E-state index is -0.572. The number of benzene rings is 1. The van der Waals surface area contributed by atoms with Crippen molar-refractivity contribution in [3.8, 4) is 0 Å². The van der Waals surface area contributed by atoms with Crippen LogP contribution in [0.15, 0.2) is 41.0 Å². The molecular weight excluding hydrogens is 350 g/mol. The predicted octanol–water partition coefficient (Wildman–Crippen LogP) is 3.66. The van der Waals surface area contributed by atoms with Gasteiger partial charge in [0, 0.05) is 22.8 Å². The van der Waals surface area contributed by atoms with E-state index in [9.17, 15) is 14.9 Å². The molecule has 0 unspecified atom stereocenters. The number of carbonyl (C=O) groups excluding carboxylic acids is 1. The fourth-order valence-corrected chi connectivity index (χ4v) is 2.05. The summed E-state index contributed by atoms with van der Waals surface area (Å²) in [6, 6.07) is 7.12. The lowest BCUT2D eigenvalue weighted by Gasteiger charge is -2.07. The highest BCUT2D eigenvalue weighted by Crippen LogP contribution is 2.24. The zero-order chi connectivity index (χ0) is 14.7. The second-order valence-electron chi connectivity index (χ2n) is 3.71. The third-order valence-corrected chi connectivity index (χ3v) is 3.39. The van der Waals surface area contributed by atoms with Crippen molar-refractivity contribution < 1.29 is 9.72 Å². The lowest BCUT2D eigenvalue weighted by atomic mass is 10.2. The number of nitrogens with one attached hydrogen (secondary N) is 1. The van der Waals surface area contributed by atoms with E-state index in [2.05, 4.69) is 26.2 Å². The number of pyridine rings is 1. The highest BCUT2D eigenvalue weighted by Gasteiger charge is 2.16. The van der Waals surface area contributed by atoms with Gasteiger partial charge in [0.1, 0.15) is 0 Å². The molecule has 0 radical (unpaired) electrons. The molecule has 6 nitrogen and oxygen atoms in total. The Balaban J connectivity index is 2.32. The molecule has 0 saturated carbocycles. The number of hydrogen-bond acceptors (Lipinski definition) is 4. The molecule has 0 aliphatic heterocycles. The van der Waals surface area contributed by atoms with Crippen LogP contribution in [0.3, 0.4) is 0 Å². The van der Waals surface area contributed by atoms with E-state index in [4.69, 9.17) is 11.6 Å². The number of nitro benzene ring substituents is 1. The molecule has 1 N–H and O–H groups in total. The molecule has 0 saturated heterocycles. The van der Waals surface area contributed by atoms with E-state index < -0.39 is 10.8 Å². The fourth-order valence-electron chi connectivity index (χ4n) is 1.45. The number of hydrogen-bond donors (Lipinski definition) is 1. The molecule has 102 valence electrons. The molecule has 1 aromatic carbocycles. The number of non-ortho nitro benzene ring substituents is 1. The van der Waals surface area contributed by atoms with E-state index in [0.29, 0.717) is 4.47 Å². The van der Waals surface area contributed by atoms with Crippen molar-refractivity contribution in [1.29, 1.82) is 0 Å². The number of halogens is 2. The van der Waals surface area contributed by atoms with E-state index >= 15 is 0 Å². The molecule has 2 rings (SSSR count). The van der Waals surface area contributed by atoms with Gasteiger partial charge >= 0.3 is 0 Å². The maximum atomic E-state index is 12.1. The second kappa shape index (κ2) is 5.98. The van der Waals surface area contributed by atoms with E-state index in [0.717, 1.165) is 0 Å². The van der Waals surface area contributed by atoms with Gasteiger partial charge in [0.15, 0.2) is 5.82 Å². The van der Waals surface area contributed by atoms with Gasteiger partial charge in [-0.05, 0) is 34.1 Å². The fraction of sp³-hybridized carbons (Fsp3) is 0. The highest BCUT2D eigenvalue weighted by atomic mass is 79.9. The SMILES string of the molecule is O=C(Nc1ncccc1Cl)c1cc([N+](=O)[O-])ccc1Br. The minimum absolute atomic E-state index is 0.126. The quantitative estimate of drug-likeness (QED) is 0.672. The summed E-state index contributed by atoms with van der Waals surface area (Å²) in [6.07, 6.45) is 1.48. The molecule has 0 bridgehead atoms. The van der Waals surface area contributed by atoms with Crippen LogP contribution in [-0.4, -0.2) is 15.8 Å². The normalized spacial score (nSPS) is 10.1. The molecule has 2 aromatic rings. The van der Waals surface area contributed by atoms with Crippen molar-refractivity contribution in [2.75, 3.05) is 5.32 Å². The molecule has 0 aliphatic carbocycles. The Labute approximate surface area is 127 Å². The molecule has 0 atom stereocenters. The topological polar surface area (TPSA) is 85.1 Å². The maximum Gasteiger partial charge on any atom is 0.270 e. The molecule has 0 fully saturated rings. The predicted molar refractivity (Wildman–Crippen MR) is 78.0 cm³/mol. The van der Waals surface area contributed by atoms with E-state index in [1.807, 2.05) is 0 Å². The molecule has 0 aliphatic rings. The summed E-state index contributed by atoms with van der Waals surface area (Å²) in [6.45, 7) is 0. The van der Waals surface area contributed by atoms with Gasteiger partial charge in [-0.1, -0.05) is 11.6 Å². The van der Waals surface area contributed by atoms with Crippen LogP contribution in [0.25, 0.3) is 0 Å². The van der Waals surface area contributed by atoms with Gasteiger partial charge in [-0.2, -0.15) is 0 Å². The largest absolute Gasteiger partial charge is 0.305 e. The Morgan fingerprint density at radius 1 is 1.40 bits per heavy atom. The van der Waals surface area contributed by atoms with Crippen LogP contribution in [0.2, 0.25) is 5.02 Å². The zero-order valence-electron chi connectivity index (χ0n) is 9.84. The number of carbonyl (C=O) groups is 1. The Hall–Kier alpha value is -1.99. The summed E-state index contributed by atoms with van der Waals surface area (Å²) in [4.78, 5) is 26.2. The molecule has 1 amide bonds. The number of nitro groups is 1. The number of nitrogens with zero attached hydrogens (tertiary/aromatic N) is 2. The first-order chi connectivity index (χ1) is 9.49. The monoisotopic (exact) mass is 355 g/mol. The summed E-state index contributed by atoms with van der Waals surface area (Å²) < 4.78 is 0.438. The first-order valence-corrected chi connectivity index (χ1v) is 6.52. The van der Waals surface area contributed by atoms with E-state index in [1.54, 1.807) is 12.1 Å². The van der Waals surface area contributed by atoms with Gasteiger partial charge in [0.2, 0.25) is 0 Å². The minimum Gasteiger partial charge on any atom is -0.305 e. The summed E-state index contributed by atoms with van der Waals surface area (Å²) in [7, 11) is 0. The Morgan fingerprint density at radius 3 is 2.80 bits per heavy atom. The zero-order valence-corrected chi connectivity index (χ0v) is 12.2. The number of aromatic nitrogens is 1. The average Bonchev–Trinajstić information content (AvgIpc) is 2.41. The standard InChI is InChI=1S/C12H7BrClN3O3/c13-9-4-3-7(17(19)20)6-8(9)12(18)16-11-10(14)2-1-5-15-11/h1-6H,(H,15,16,18). The average molecular weight is 357 g/mol. The van der Waals surface area contributed by atoms with Crippen LogP contribution in [0, 0.1) is 10.1 Å². The summed E-state index contributed by atoms with van der Waals surface area (Å²) >= 11 is 9.06. The van der Waals surface area contributed by atoms with Crippen molar-refractivity contribution in [3.63, 3.8) is 0 Å². The third-order valence-electron chi connectivity index (χ3n) is 2.40. The van der Waals surface area contributed by atoms with Crippen LogP contribution in [0.1, 0.15) is 10.4 Å². The smallest absolute Gasteiger partial charge is 0.270 e. The van der Waals surface area contributed by atoms with Crippen LogP contribution < -0.4 is 5.32 Å². The molecule has 8 heteroatoms. The molecular formula is C12H7BrClN3O3. The Bertz CT molecular complexity index is 693. The van der Waals surface area contributed by atoms with Crippen LogP contribution in [-0.2, 0) is 0 Å². The van der Waals surface area contributed by atoms with E-state index in [1.165, 1.54) is 24.4 Å². The molecule has 1 heterocycles. The lowest BCUT2D eigenvalue weighted by Crippen LogP contribution is -2.14. The van der Waals surface area contributed by atoms with E-state index in [-0.39, 0.29) is 22.1 Å². The lowest BCUT2D eigenvalue weighted by molar-refractivity contribution is -0.384. The number of rotatable bonds is 3. The third kappa shape index (κ3) is 3.12. The number of amides is 1. The molecule has 20 heavy (non-hydrogen) atoms. The van der Waals surface area contributed by atoms with Gasteiger partial charge in [0.05, 0.1) is 15.5 Å². The van der Waals surface area contributed by atoms with Crippen LogP contribution in [0.4, 0.5) is 11.5 Å². The first-order valence-electron chi connectivity index (χ1n) is 5.35. The van der Waals surface area contributed by atoms with Gasteiger partial charge in [-0.15, -0.1) is 0 Å². The molecule has 1 aromatic heterocycles. The summed E-state index contributed by atoms with van der Waals surface area (Å²) in [5.74, 6) is -0.348. The van der Waals surface area contributed by atoms with Gasteiger partial charge in [-0.3, -0.25) is 14.9 Å². The van der Waals surface area contributed by atoms with Crippen molar-refractivity contribution in [1.82, 2.24) is 4.98 Å². The molecule has 0 spiro atoms. The Morgan fingerprint density at radius 2 is 2.15 bits per heavy atom. The Kier molecular flexibility index (Phi) is 4.31. The number of anilines is 1. The first kappa shape index (κ1) is 14.4. The van der Waals surface area contributed by atoms with Crippen molar-refractivity contribution in [2.45, 2.75) is 0 Å². The van der Waals surface area contributed by atoms with Crippen molar-refractivity contribution in [3.05, 3.63) is 61.7 Å². The summed E-state index contributed by atoms with van der Waals surface area (Å²) in [5.41, 5.74) is -0.0496. The maximum absolute atomic E-state index is 12.1. The van der Waals surface area contributed by atoms with Gasteiger partial charge in [-0.25, -0.2) is 4.98 Å². The van der Waals surface area contributed by atoms with Gasteiger partial charge < -0.3 is 5.32 Å². The van der Waals surface area contributed by atoms with Crippen LogP contribution >= 0.6 is 27.5 Å². The van der Waals surface area contributed by atoms with Gasteiger partial charge in [0.25, 0.3) is 11.6 Å². The van der Waals surface area contributed by atoms with Crippen molar-refractivity contribution >= 4 is 44.9 Å².